The van der Waals surface area contributed by atoms with Crippen molar-refractivity contribution in [1.29, 1.82) is 0 Å². The van der Waals surface area contributed by atoms with Crippen molar-refractivity contribution < 1.29 is 4.39 Å². The van der Waals surface area contributed by atoms with Crippen molar-refractivity contribution in [2.45, 2.75) is 39.3 Å². The van der Waals surface area contributed by atoms with Crippen molar-refractivity contribution >= 4 is 17.2 Å². The summed E-state index contributed by atoms with van der Waals surface area (Å²) in [4.78, 5) is 9.15. The van der Waals surface area contributed by atoms with Crippen molar-refractivity contribution in [1.82, 2.24) is 4.98 Å². The molecule has 2 aliphatic heterocycles. The molecule has 3 nitrogen and oxygen atoms in total. The Hall–Kier alpha value is -2.10. The Labute approximate surface area is 136 Å². The molecule has 0 aliphatic carbocycles. The average Bonchev–Trinajstić information content (AvgIpc) is 2.80. The highest BCUT2D eigenvalue weighted by Crippen LogP contribution is 2.59. The molecule has 0 spiro atoms. The molecule has 1 aromatic carbocycles. The van der Waals surface area contributed by atoms with Gasteiger partial charge in [-0.15, -0.1) is 0 Å². The molecule has 1 atom stereocenters. The van der Waals surface area contributed by atoms with E-state index < -0.39 is 0 Å². The van der Waals surface area contributed by atoms with Crippen LogP contribution in [-0.2, 0) is 5.41 Å². The van der Waals surface area contributed by atoms with Gasteiger partial charge in [0.1, 0.15) is 12.0 Å². The largest absolute Gasteiger partial charge is 0.337 e. The third-order valence-electron chi connectivity index (χ3n) is 6.12. The molecule has 2 aromatic rings. The summed E-state index contributed by atoms with van der Waals surface area (Å²) in [5, 5.41) is 0. The van der Waals surface area contributed by atoms with Gasteiger partial charge in [-0.3, -0.25) is 0 Å². The average molecular weight is 311 g/mol. The molecule has 0 N–H and O–H groups in total. The number of pyridine rings is 1. The highest BCUT2D eigenvalue weighted by atomic mass is 19.1. The normalized spacial score (nSPS) is 23.3. The highest BCUT2D eigenvalue weighted by molar-refractivity contribution is 5.84. The minimum Gasteiger partial charge on any atom is -0.337 e. The first kappa shape index (κ1) is 14.5. The van der Waals surface area contributed by atoms with Crippen LogP contribution in [0.25, 0.3) is 0 Å². The Morgan fingerprint density at radius 2 is 1.83 bits per heavy atom. The highest BCUT2D eigenvalue weighted by Gasteiger charge is 2.57. The topological polar surface area (TPSA) is 19.4 Å². The Balaban J connectivity index is 2.06. The second-order valence-electron chi connectivity index (χ2n) is 7.71. The van der Waals surface area contributed by atoms with Crippen molar-refractivity contribution in [2.24, 2.45) is 5.41 Å². The van der Waals surface area contributed by atoms with Gasteiger partial charge in [-0.25, -0.2) is 9.37 Å². The van der Waals surface area contributed by atoms with E-state index in [2.05, 4.69) is 55.6 Å². The lowest BCUT2D eigenvalue weighted by Crippen LogP contribution is -2.60. The summed E-state index contributed by atoms with van der Waals surface area (Å²) in [5.74, 6) is 0.809. The lowest BCUT2D eigenvalue weighted by atomic mass is 9.59. The zero-order valence-electron chi connectivity index (χ0n) is 14.3. The number of anilines is 3. The third-order valence-corrected chi connectivity index (χ3v) is 6.12. The summed E-state index contributed by atoms with van der Waals surface area (Å²) in [5.41, 5.74) is 2.98. The molecule has 4 heteroatoms. The number of benzene rings is 1. The number of nitrogens with zero attached hydrogens (tertiary/aromatic N) is 3. The van der Waals surface area contributed by atoms with Crippen molar-refractivity contribution in [3.63, 3.8) is 0 Å². The molecular weight excluding hydrogens is 289 g/mol. The fourth-order valence-electron chi connectivity index (χ4n) is 4.23. The molecule has 1 aromatic heterocycles. The van der Waals surface area contributed by atoms with Crippen LogP contribution in [0, 0.1) is 11.2 Å². The van der Waals surface area contributed by atoms with E-state index in [0.29, 0.717) is 0 Å². The van der Waals surface area contributed by atoms with Gasteiger partial charge in [0.25, 0.3) is 0 Å². The molecule has 0 fully saturated rings. The molecule has 2 aliphatic rings. The fourth-order valence-corrected chi connectivity index (χ4v) is 4.23. The van der Waals surface area contributed by atoms with Gasteiger partial charge in [-0.2, -0.15) is 0 Å². The van der Waals surface area contributed by atoms with E-state index in [-0.39, 0.29) is 22.8 Å². The van der Waals surface area contributed by atoms with Crippen LogP contribution in [0.15, 0.2) is 36.5 Å². The van der Waals surface area contributed by atoms with E-state index in [1.54, 1.807) is 12.1 Å². The van der Waals surface area contributed by atoms with Gasteiger partial charge in [-0.1, -0.05) is 27.7 Å². The van der Waals surface area contributed by atoms with E-state index in [1.807, 2.05) is 18.3 Å². The first-order chi connectivity index (χ1) is 10.8. The van der Waals surface area contributed by atoms with Crippen molar-refractivity contribution in [2.75, 3.05) is 16.8 Å². The first-order valence-corrected chi connectivity index (χ1v) is 8.04. The van der Waals surface area contributed by atoms with E-state index in [1.165, 1.54) is 0 Å². The van der Waals surface area contributed by atoms with Crippen LogP contribution >= 0.6 is 0 Å². The molecule has 3 heterocycles. The van der Waals surface area contributed by atoms with Gasteiger partial charge < -0.3 is 9.80 Å². The van der Waals surface area contributed by atoms with Crippen LogP contribution in [0.2, 0.25) is 0 Å². The summed E-state index contributed by atoms with van der Waals surface area (Å²) >= 11 is 0. The molecule has 0 bridgehead atoms. The number of aromatic nitrogens is 1. The van der Waals surface area contributed by atoms with Gasteiger partial charge in [0.2, 0.25) is 0 Å². The minimum atomic E-state index is -0.176. The van der Waals surface area contributed by atoms with Crippen LogP contribution < -0.4 is 9.80 Å². The lowest BCUT2D eigenvalue weighted by molar-refractivity contribution is 0.143. The summed E-state index contributed by atoms with van der Waals surface area (Å²) in [6.07, 6.45) is 1.98. The molecule has 23 heavy (non-hydrogen) atoms. The minimum absolute atomic E-state index is 0.0940. The second kappa shape index (κ2) is 4.25. The third kappa shape index (κ3) is 1.61. The first-order valence-electron chi connectivity index (χ1n) is 8.04. The van der Waals surface area contributed by atoms with Crippen LogP contribution in [0.1, 0.15) is 33.3 Å². The summed E-state index contributed by atoms with van der Waals surface area (Å²) in [7, 11) is 2.10. The summed E-state index contributed by atoms with van der Waals surface area (Å²) in [6.45, 7) is 8.96. The van der Waals surface area contributed by atoms with Gasteiger partial charge in [0.15, 0.2) is 5.82 Å². The quantitative estimate of drug-likeness (QED) is 0.716. The molecule has 0 radical (unpaired) electrons. The van der Waals surface area contributed by atoms with E-state index in [0.717, 1.165) is 22.8 Å². The summed E-state index contributed by atoms with van der Waals surface area (Å²) in [6, 6.07) is 9.22. The molecular formula is C19H22FN3. The van der Waals surface area contributed by atoms with Gasteiger partial charge in [0.05, 0.1) is 5.69 Å². The maximum atomic E-state index is 14.0. The summed E-state index contributed by atoms with van der Waals surface area (Å²) < 4.78 is 14.0. The SMILES string of the molecule is CN1c2ncccc2N2c3ccc(F)cc3C(C)(C)C(C)(C)C12. The maximum Gasteiger partial charge on any atom is 0.153 e. The van der Waals surface area contributed by atoms with Crippen LogP contribution in [0.4, 0.5) is 21.6 Å². The number of fused-ring (bicyclic) bond motifs is 5. The van der Waals surface area contributed by atoms with Crippen LogP contribution in [-0.4, -0.2) is 18.2 Å². The maximum absolute atomic E-state index is 14.0. The molecule has 4 rings (SSSR count). The molecule has 0 saturated heterocycles. The fraction of sp³-hybridized carbons (Fsp3) is 0.421. The van der Waals surface area contributed by atoms with Crippen molar-refractivity contribution in [3.8, 4) is 0 Å². The predicted octanol–water partition coefficient (Wildman–Crippen LogP) is 4.45. The van der Waals surface area contributed by atoms with E-state index in [9.17, 15) is 4.39 Å². The van der Waals surface area contributed by atoms with Gasteiger partial charge in [-0.05, 0) is 35.9 Å². The van der Waals surface area contributed by atoms with Crippen LogP contribution in [0.3, 0.4) is 0 Å². The number of hydrogen-bond acceptors (Lipinski definition) is 3. The smallest absolute Gasteiger partial charge is 0.153 e. The van der Waals surface area contributed by atoms with E-state index in [4.69, 9.17) is 0 Å². The van der Waals surface area contributed by atoms with Gasteiger partial charge >= 0.3 is 0 Å². The van der Waals surface area contributed by atoms with Crippen LogP contribution in [0.5, 0.6) is 0 Å². The number of rotatable bonds is 0. The van der Waals surface area contributed by atoms with E-state index >= 15 is 0 Å². The standard InChI is InChI=1S/C19H22FN3/c1-18(2)13-11-12(20)8-9-14(13)23-15-7-6-10-21-16(15)22(5)17(23)19(18,3)4/h6-11,17H,1-5H3. The number of hydrogen-bond donors (Lipinski definition) is 0. The Bertz CT molecular complexity index is 797. The molecule has 0 amide bonds. The monoisotopic (exact) mass is 311 g/mol. The lowest BCUT2D eigenvalue weighted by Gasteiger charge is -2.56. The molecule has 0 saturated carbocycles. The second-order valence-corrected chi connectivity index (χ2v) is 7.71. The Morgan fingerprint density at radius 3 is 2.57 bits per heavy atom. The number of halogens is 1. The Morgan fingerprint density at radius 1 is 1.09 bits per heavy atom. The zero-order valence-corrected chi connectivity index (χ0v) is 14.3. The molecule has 120 valence electrons. The predicted molar refractivity (Wildman–Crippen MR) is 91.8 cm³/mol. The van der Waals surface area contributed by atoms with Crippen molar-refractivity contribution in [3.05, 3.63) is 47.9 Å². The zero-order chi connectivity index (χ0) is 16.6. The Kier molecular flexibility index (Phi) is 2.68. The van der Waals surface area contributed by atoms with Gasteiger partial charge in [0, 0.05) is 29.8 Å². The molecule has 1 unspecified atom stereocenters.